The van der Waals surface area contributed by atoms with E-state index < -0.39 is 10.0 Å². The fraction of sp³-hybridized carbons (Fsp3) is 0.727. The molecule has 1 aromatic heterocycles. The number of aromatic nitrogens is 2. The zero-order valence-corrected chi connectivity index (χ0v) is 13.2. The van der Waals surface area contributed by atoms with Crippen LogP contribution in [0.25, 0.3) is 0 Å². The summed E-state index contributed by atoms with van der Waals surface area (Å²) in [7, 11) is -1.72. The molecule has 0 spiro atoms. The maximum atomic E-state index is 12.6. The first-order valence-corrected chi connectivity index (χ1v) is 8.32. The van der Waals surface area contributed by atoms with Gasteiger partial charge in [0.15, 0.2) is 0 Å². The van der Waals surface area contributed by atoms with E-state index in [9.17, 15) is 8.42 Å². The highest BCUT2D eigenvalue weighted by Gasteiger charge is 2.39. The molecular weight excluding hydrogens is 318 g/mol. The number of aryl methyl sites for hydroxylation is 1. The van der Waals surface area contributed by atoms with Crippen molar-refractivity contribution >= 4 is 26.0 Å². The van der Waals surface area contributed by atoms with Crippen LogP contribution < -0.4 is 0 Å². The van der Waals surface area contributed by atoms with Gasteiger partial charge in [-0.05, 0) is 34.7 Å². The molecule has 18 heavy (non-hydrogen) atoms. The van der Waals surface area contributed by atoms with Crippen molar-refractivity contribution in [2.24, 2.45) is 13.0 Å². The number of halogens is 1. The fourth-order valence-electron chi connectivity index (χ4n) is 2.58. The van der Waals surface area contributed by atoms with Gasteiger partial charge in [-0.15, -0.1) is 0 Å². The van der Waals surface area contributed by atoms with E-state index in [1.807, 2.05) is 6.92 Å². The molecule has 102 valence electrons. The first kappa shape index (κ1) is 14.0. The molecular formula is C11H18BrN3O2S. The van der Waals surface area contributed by atoms with Gasteiger partial charge in [0.1, 0.15) is 9.50 Å². The summed E-state index contributed by atoms with van der Waals surface area (Å²) in [4.78, 5) is 0.262. The summed E-state index contributed by atoms with van der Waals surface area (Å²) >= 11 is 3.28. The molecule has 0 N–H and O–H groups in total. The van der Waals surface area contributed by atoms with Crippen molar-refractivity contribution in [3.05, 3.63) is 10.8 Å². The normalized spacial score (nSPS) is 25.8. The molecule has 1 aromatic rings. The Morgan fingerprint density at radius 1 is 1.56 bits per heavy atom. The third-order valence-corrected chi connectivity index (χ3v) is 6.80. The monoisotopic (exact) mass is 335 g/mol. The van der Waals surface area contributed by atoms with Crippen molar-refractivity contribution in [3.8, 4) is 0 Å². The quantitative estimate of drug-likeness (QED) is 0.848. The molecule has 0 aliphatic carbocycles. The lowest BCUT2D eigenvalue weighted by molar-refractivity contribution is 0.339. The smallest absolute Gasteiger partial charge is 0.247 e. The van der Waals surface area contributed by atoms with Crippen molar-refractivity contribution in [1.82, 2.24) is 14.1 Å². The van der Waals surface area contributed by atoms with Crippen LogP contribution in [0.3, 0.4) is 0 Å². The van der Waals surface area contributed by atoms with Crippen LogP contribution in [0.15, 0.2) is 15.7 Å². The molecule has 1 aliphatic rings. The Morgan fingerprint density at radius 2 is 2.22 bits per heavy atom. The first-order valence-electron chi connectivity index (χ1n) is 6.09. The highest BCUT2D eigenvalue weighted by Crippen LogP contribution is 2.33. The number of rotatable bonds is 3. The lowest BCUT2D eigenvalue weighted by Gasteiger charge is -2.24. The van der Waals surface area contributed by atoms with E-state index in [0.717, 1.165) is 12.8 Å². The summed E-state index contributed by atoms with van der Waals surface area (Å²) in [6, 6.07) is 0.0992. The Kier molecular flexibility index (Phi) is 3.85. The van der Waals surface area contributed by atoms with Gasteiger partial charge in [0.25, 0.3) is 0 Å². The molecule has 0 amide bonds. The van der Waals surface area contributed by atoms with E-state index in [1.54, 1.807) is 11.4 Å². The summed E-state index contributed by atoms with van der Waals surface area (Å²) in [5, 5.41) is 3.99. The van der Waals surface area contributed by atoms with Gasteiger partial charge in [-0.2, -0.15) is 9.40 Å². The molecule has 0 aromatic carbocycles. The molecule has 1 saturated heterocycles. The number of hydrogen-bond donors (Lipinski definition) is 0. The number of nitrogens with zero attached hydrogens (tertiary/aromatic N) is 3. The lowest BCUT2D eigenvalue weighted by atomic mass is 10.0. The largest absolute Gasteiger partial charge is 0.260 e. The van der Waals surface area contributed by atoms with Gasteiger partial charge in [-0.25, -0.2) is 8.42 Å². The van der Waals surface area contributed by atoms with Crippen LogP contribution in [0, 0.1) is 5.92 Å². The van der Waals surface area contributed by atoms with Crippen LogP contribution in [0.5, 0.6) is 0 Å². The van der Waals surface area contributed by atoms with Gasteiger partial charge in [0.05, 0.1) is 6.20 Å². The van der Waals surface area contributed by atoms with Crippen LogP contribution in [0.2, 0.25) is 0 Å². The Hall–Kier alpha value is -0.400. The molecule has 2 heterocycles. The van der Waals surface area contributed by atoms with Gasteiger partial charge in [0, 0.05) is 19.6 Å². The Bertz CT molecular complexity index is 540. The lowest BCUT2D eigenvalue weighted by Crippen LogP contribution is -2.37. The van der Waals surface area contributed by atoms with Crippen molar-refractivity contribution < 1.29 is 8.42 Å². The van der Waals surface area contributed by atoms with Crippen molar-refractivity contribution in [1.29, 1.82) is 0 Å². The average molecular weight is 336 g/mol. The van der Waals surface area contributed by atoms with E-state index in [0.29, 0.717) is 17.1 Å². The molecule has 0 bridgehead atoms. The summed E-state index contributed by atoms with van der Waals surface area (Å²) in [5.41, 5.74) is 0. The van der Waals surface area contributed by atoms with Crippen molar-refractivity contribution in [2.75, 3.05) is 6.54 Å². The van der Waals surface area contributed by atoms with Crippen LogP contribution in [0.4, 0.5) is 0 Å². The molecule has 2 rings (SSSR count). The standard InChI is InChI=1S/C11H18BrN3O2S/c1-4-9-8(2)5-6-15(9)18(16,17)10-7-13-14(3)11(10)12/h7-9H,4-6H2,1-3H3/t8-,9-/m1/s1. The predicted molar refractivity (Wildman–Crippen MR) is 72.7 cm³/mol. The Balaban J connectivity index is 2.41. The highest BCUT2D eigenvalue weighted by molar-refractivity contribution is 9.10. The van der Waals surface area contributed by atoms with Crippen LogP contribution >= 0.6 is 15.9 Å². The molecule has 0 saturated carbocycles. The highest BCUT2D eigenvalue weighted by atomic mass is 79.9. The number of hydrogen-bond acceptors (Lipinski definition) is 3. The van der Waals surface area contributed by atoms with E-state index in [2.05, 4.69) is 28.0 Å². The Morgan fingerprint density at radius 3 is 2.72 bits per heavy atom. The molecule has 5 nitrogen and oxygen atoms in total. The average Bonchev–Trinajstić information content (AvgIpc) is 2.84. The van der Waals surface area contributed by atoms with Crippen LogP contribution in [-0.2, 0) is 17.1 Å². The number of sulfonamides is 1. The maximum Gasteiger partial charge on any atom is 0.247 e. The molecule has 0 radical (unpaired) electrons. The van der Waals surface area contributed by atoms with Gasteiger partial charge >= 0.3 is 0 Å². The minimum atomic E-state index is -3.44. The fourth-order valence-corrected chi connectivity index (χ4v) is 5.22. The van der Waals surface area contributed by atoms with E-state index in [-0.39, 0.29) is 10.9 Å². The molecule has 0 unspecified atom stereocenters. The second-order valence-corrected chi connectivity index (χ2v) is 7.39. The summed E-state index contributed by atoms with van der Waals surface area (Å²) in [6.07, 6.45) is 3.18. The van der Waals surface area contributed by atoms with E-state index >= 15 is 0 Å². The molecule has 1 fully saturated rings. The zero-order valence-electron chi connectivity index (χ0n) is 10.8. The van der Waals surface area contributed by atoms with Crippen LogP contribution in [-0.4, -0.2) is 35.1 Å². The first-order chi connectivity index (χ1) is 8.39. The topological polar surface area (TPSA) is 55.2 Å². The van der Waals surface area contributed by atoms with Gasteiger partial charge in [0.2, 0.25) is 10.0 Å². The second-order valence-electron chi connectivity index (χ2n) is 4.78. The van der Waals surface area contributed by atoms with Gasteiger partial charge in [-0.3, -0.25) is 4.68 Å². The Labute approximate surface area is 116 Å². The zero-order chi connectivity index (χ0) is 13.5. The second kappa shape index (κ2) is 4.94. The van der Waals surface area contributed by atoms with Gasteiger partial charge < -0.3 is 0 Å². The van der Waals surface area contributed by atoms with E-state index in [4.69, 9.17) is 0 Å². The predicted octanol–water partition coefficient (Wildman–Crippen LogP) is 1.99. The van der Waals surface area contributed by atoms with Crippen LogP contribution in [0.1, 0.15) is 26.7 Å². The minimum absolute atomic E-state index is 0.0992. The van der Waals surface area contributed by atoms with Crippen molar-refractivity contribution in [2.45, 2.75) is 37.6 Å². The summed E-state index contributed by atoms with van der Waals surface area (Å²) in [5.74, 6) is 0.417. The minimum Gasteiger partial charge on any atom is -0.260 e. The molecule has 1 aliphatic heterocycles. The summed E-state index contributed by atoms with van der Waals surface area (Å²) in [6.45, 7) is 4.75. The van der Waals surface area contributed by atoms with E-state index in [1.165, 1.54) is 10.9 Å². The van der Waals surface area contributed by atoms with Gasteiger partial charge in [-0.1, -0.05) is 13.8 Å². The SMILES string of the molecule is CC[C@@H]1[C@H](C)CCN1S(=O)(=O)c1cnn(C)c1Br. The summed E-state index contributed by atoms with van der Waals surface area (Å²) < 4.78 is 28.9. The third-order valence-electron chi connectivity index (χ3n) is 3.67. The maximum absolute atomic E-state index is 12.6. The third kappa shape index (κ3) is 2.12. The molecule has 7 heteroatoms. The van der Waals surface area contributed by atoms with Crippen molar-refractivity contribution in [3.63, 3.8) is 0 Å². The molecule has 2 atom stereocenters.